The molecule has 1 heterocycles. The van der Waals surface area contributed by atoms with Gasteiger partial charge in [0.05, 0.1) is 16.5 Å². The van der Waals surface area contributed by atoms with Crippen molar-refractivity contribution in [2.45, 2.75) is 11.3 Å². The fourth-order valence-electron chi connectivity index (χ4n) is 2.01. The van der Waals surface area contributed by atoms with Gasteiger partial charge in [0.15, 0.2) is 0 Å². The molecule has 114 valence electrons. The summed E-state index contributed by atoms with van der Waals surface area (Å²) in [7, 11) is -1.92. The van der Waals surface area contributed by atoms with Crippen LogP contribution in [-0.2, 0) is 10.0 Å². The summed E-state index contributed by atoms with van der Waals surface area (Å²) in [5, 5.41) is 3.21. The van der Waals surface area contributed by atoms with Crippen molar-refractivity contribution in [2.24, 2.45) is 5.92 Å². The molecule has 0 radical (unpaired) electrons. The van der Waals surface area contributed by atoms with Crippen LogP contribution >= 0.6 is 28.3 Å². The molecule has 1 unspecified atom stereocenters. The van der Waals surface area contributed by atoms with Gasteiger partial charge in [-0.05, 0) is 59.6 Å². The molecule has 1 aliphatic heterocycles. The number of hydrogen-bond donors (Lipinski definition) is 2. The lowest BCUT2D eigenvalue weighted by molar-refractivity contribution is 0.411. The molecular weight excluding hydrogens is 368 g/mol. The normalized spacial score (nSPS) is 18.6. The van der Waals surface area contributed by atoms with Gasteiger partial charge in [-0.1, -0.05) is 0 Å². The number of benzene rings is 1. The molecule has 1 saturated heterocycles. The Morgan fingerprint density at radius 2 is 2.25 bits per heavy atom. The van der Waals surface area contributed by atoms with Crippen molar-refractivity contribution in [3.05, 3.63) is 22.7 Å². The van der Waals surface area contributed by atoms with Gasteiger partial charge in [0.2, 0.25) is 10.0 Å². The van der Waals surface area contributed by atoms with Crippen molar-refractivity contribution in [3.8, 4) is 5.75 Å². The van der Waals surface area contributed by atoms with Crippen LogP contribution in [0.3, 0.4) is 0 Å². The van der Waals surface area contributed by atoms with Gasteiger partial charge < -0.3 is 10.1 Å². The molecule has 0 spiro atoms. The van der Waals surface area contributed by atoms with E-state index in [1.807, 2.05) is 0 Å². The van der Waals surface area contributed by atoms with Crippen molar-refractivity contribution >= 4 is 38.4 Å². The number of halogens is 2. The Hall–Kier alpha value is -0.340. The highest BCUT2D eigenvalue weighted by Gasteiger charge is 2.20. The quantitative estimate of drug-likeness (QED) is 0.810. The first-order valence-corrected chi connectivity index (χ1v) is 8.34. The second-order valence-electron chi connectivity index (χ2n) is 4.51. The molecule has 8 heteroatoms. The largest absolute Gasteiger partial charge is 0.496 e. The van der Waals surface area contributed by atoms with Crippen LogP contribution in [0.25, 0.3) is 0 Å². The zero-order valence-corrected chi connectivity index (χ0v) is 14.3. The lowest BCUT2D eigenvalue weighted by Crippen LogP contribution is -2.30. The van der Waals surface area contributed by atoms with E-state index in [1.54, 1.807) is 25.3 Å². The molecule has 1 fully saturated rings. The number of methoxy groups -OCH3 is 1. The average molecular weight is 386 g/mol. The highest BCUT2D eigenvalue weighted by molar-refractivity contribution is 9.10. The predicted molar refractivity (Wildman–Crippen MR) is 84.1 cm³/mol. The summed E-state index contributed by atoms with van der Waals surface area (Å²) < 4.78 is 32.7. The Kier molecular flexibility index (Phi) is 6.74. The lowest BCUT2D eigenvalue weighted by atomic mass is 10.1. The second-order valence-corrected chi connectivity index (χ2v) is 7.13. The van der Waals surface area contributed by atoms with Crippen molar-refractivity contribution in [2.75, 3.05) is 26.7 Å². The van der Waals surface area contributed by atoms with Gasteiger partial charge in [-0.25, -0.2) is 13.1 Å². The Bertz CT molecular complexity index is 548. The maximum atomic E-state index is 12.1. The van der Waals surface area contributed by atoms with E-state index in [9.17, 15) is 8.42 Å². The van der Waals surface area contributed by atoms with Crippen molar-refractivity contribution < 1.29 is 13.2 Å². The van der Waals surface area contributed by atoms with Gasteiger partial charge in [-0.2, -0.15) is 0 Å². The van der Waals surface area contributed by atoms with Crippen LogP contribution in [0.5, 0.6) is 5.75 Å². The molecule has 1 atom stereocenters. The Labute approximate surface area is 134 Å². The monoisotopic (exact) mass is 384 g/mol. The minimum Gasteiger partial charge on any atom is -0.496 e. The maximum Gasteiger partial charge on any atom is 0.240 e. The molecule has 1 aliphatic rings. The van der Waals surface area contributed by atoms with E-state index >= 15 is 0 Å². The van der Waals surface area contributed by atoms with Gasteiger partial charge in [0, 0.05) is 6.54 Å². The minimum absolute atomic E-state index is 0. The van der Waals surface area contributed by atoms with Gasteiger partial charge in [0.25, 0.3) is 0 Å². The van der Waals surface area contributed by atoms with Gasteiger partial charge in [-0.15, -0.1) is 12.4 Å². The number of sulfonamides is 1. The first-order valence-electron chi connectivity index (χ1n) is 6.07. The number of hydrogen-bond acceptors (Lipinski definition) is 4. The fraction of sp³-hybridized carbons (Fsp3) is 0.500. The highest BCUT2D eigenvalue weighted by atomic mass is 79.9. The average Bonchev–Trinajstić information content (AvgIpc) is 2.89. The molecule has 2 N–H and O–H groups in total. The topological polar surface area (TPSA) is 67.4 Å². The van der Waals surface area contributed by atoms with Crippen LogP contribution in [0.1, 0.15) is 6.42 Å². The molecule has 20 heavy (non-hydrogen) atoms. The van der Waals surface area contributed by atoms with E-state index in [-0.39, 0.29) is 17.3 Å². The summed E-state index contributed by atoms with van der Waals surface area (Å²) in [5.41, 5.74) is 0. The molecule has 5 nitrogen and oxygen atoms in total. The fourth-order valence-corrected chi connectivity index (χ4v) is 3.85. The number of nitrogens with one attached hydrogen (secondary N) is 2. The van der Waals surface area contributed by atoms with Crippen molar-refractivity contribution in [3.63, 3.8) is 0 Å². The van der Waals surface area contributed by atoms with Crippen molar-refractivity contribution in [1.82, 2.24) is 10.0 Å². The molecule has 0 saturated carbocycles. The molecule has 0 aliphatic carbocycles. The smallest absolute Gasteiger partial charge is 0.240 e. The van der Waals surface area contributed by atoms with Gasteiger partial charge in [0.1, 0.15) is 5.75 Å². The zero-order chi connectivity index (χ0) is 13.9. The Morgan fingerprint density at radius 1 is 1.50 bits per heavy atom. The molecule has 0 bridgehead atoms. The van der Waals surface area contributed by atoms with E-state index < -0.39 is 10.0 Å². The second kappa shape index (κ2) is 7.61. The van der Waals surface area contributed by atoms with E-state index in [4.69, 9.17) is 4.74 Å². The maximum absolute atomic E-state index is 12.1. The van der Waals surface area contributed by atoms with E-state index in [2.05, 4.69) is 26.0 Å². The van der Waals surface area contributed by atoms with Crippen LogP contribution in [-0.4, -0.2) is 35.2 Å². The Balaban J connectivity index is 0.00000200. The van der Waals surface area contributed by atoms with Crippen LogP contribution in [0.2, 0.25) is 0 Å². The summed E-state index contributed by atoms with van der Waals surface area (Å²) in [6.45, 7) is 2.30. The standard InChI is InChI=1S/C12H17BrN2O3S.ClH/c1-18-12-3-2-10(6-11(12)13)19(16,17)15-8-9-4-5-14-7-9;/h2-3,6,9,14-15H,4-5,7-8H2,1H3;1H. The molecule has 0 aromatic heterocycles. The SMILES string of the molecule is COc1ccc(S(=O)(=O)NCC2CCNC2)cc1Br.Cl. The zero-order valence-electron chi connectivity index (χ0n) is 11.1. The summed E-state index contributed by atoms with van der Waals surface area (Å²) >= 11 is 3.29. The third-order valence-corrected chi connectivity index (χ3v) is 5.20. The number of rotatable bonds is 5. The first-order chi connectivity index (χ1) is 9.03. The number of ether oxygens (including phenoxy) is 1. The van der Waals surface area contributed by atoms with Crippen LogP contribution in [0.15, 0.2) is 27.6 Å². The highest BCUT2D eigenvalue weighted by Crippen LogP contribution is 2.27. The minimum atomic E-state index is -3.46. The lowest BCUT2D eigenvalue weighted by Gasteiger charge is -2.12. The first kappa shape index (κ1) is 17.7. The molecule has 0 amide bonds. The van der Waals surface area contributed by atoms with Crippen LogP contribution in [0, 0.1) is 5.92 Å². The van der Waals surface area contributed by atoms with Gasteiger partial charge in [-0.3, -0.25) is 0 Å². The predicted octanol–water partition coefficient (Wildman–Crippen LogP) is 1.77. The van der Waals surface area contributed by atoms with E-state index in [1.165, 1.54) is 0 Å². The van der Waals surface area contributed by atoms with Crippen LogP contribution < -0.4 is 14.8 Å². The molecule has 1 aromatic rings. The van der Waals surface area contributed by atoms with Crippen LogP contribution in [0.4, 0.5) is 0 Å². The van der Waals surface area contributed by atoms with Crippen molar-refractivity contribution in [1.29, 1.82) is 0 Å². The van der Waals surface area contributed by atoms with Gasteiger partial charge >= 0.3 is 0 Å². The summed E-state index contributed by atoms with van der Waals surface area (Å²) in [5.74, 6) is 0.982. The summed E-state index contributed by atoms with van der Waals surface area (Å²) in [6.07, 6.45) is 1.01. The molecular formula is C12H18BrClN2O3S. The summed E-state index contributed by atoms with van der Waals surface area (Å²) in [6, 6.07) is 4.72. The summed E-state index contributed by atoms with van der Waals surface area (Å²) in [4.78, 5) is 0.242. The van der Waals surface area contributed by atoms with E-state index in [0.717, 1.165) is 19.5 Å². The van der Waals surface area contributed by atoms with E-state index in [0.29, 0.717) is 22.7 Å². The third-order valence-electron chi connectivity index (χ3n) is 3.16. The molecule has 2 rings (SSSR count). The Morgan fingerprint density at radius 3 is 2.80 bits per heavy atom. The third kappa shape index (κ3) is 4.33. The molecule has 1 aromatic carbocycles.